The van der Waals surface area contributed by atoms with Crippen molar-refractivity contribution in [3.8, 4) is 0 Å². The number of nitrogens with one attached hydrogen (secondary N) is 2. The predicted octanol–water partition coefficient (Wildman–Crippen LogP) is 4.19. The van der Waals surface area contributed by atoms with Gasteiger partial charge in [0.1, 0.15) is 17.5 Å². The fraction of sp³-hybridized carbons (Fsp3) is 0.333. The van der Waals surface area contributed by atoms with E-state index in [1.54, 1.807) is 29.4 Å². The molecular formula is C30H32FN7O2. The zero-order chi connectivity index (χ0) is 27.6. The summed E-state index contributed by atoms with van der Waals surface area (Å²) < 4.78 is 15.6. The first-order chi connectivity index (χ1) is 19.5. The maximum Gasteiger partial charge on any atom is 0.262 e. The highest BCUT2D eigenvalue weighted by molar-refractivity contribution is 6.11. The number of benzene rings is 2. The number of aliphatic hydroxyl groups is 1. The van der Waals surface area contributed by atoms with Crippen LogP contribution in [0.2, 0.25) is 0 Å². The molecule has 2 aliphatic rings. The molecule has 4 heterocycles. The highest BCUT2D eigenvalue weighted by Crippen LogP contribution is 2.32. The maximum absolute atomic E-state index is 15.6. The molecule has 10 heteroatoms. The van der Waals surface area contributed by atoms with Crippen LogP contribution in [0, 0.1) is 12.7 Å². The molecule has 9 nitrogen and oxygen atoms in total. The summed E-state index contributed by atoms with van der Waals surface area (Å²) >= 11 is 0. The van der Waals surface area contributed by atoms with E-state index in [2.05, 4.69) is 25.6 Å². The Kier molecular flexibility index (Phi) is 7.27. The summed E-state index contributed by atoms with van der Waals surface area (Å²) in [5.41, 5.74) is 1.41. The van der Waals surface area contributed by atoms with Gasteiger partial charge in [-0.2, -0.15) is 4.98 Å². The van der Waals surface area contributed by atoms with Crippen molar-refractivity contribution in [1.82, 2.24) is 20.3 Å². The summed E-state index contributed by atoms with van der Waals surface area (Å²) in [4.78, 5) is 31.1. The molecule has 2 fully saturated rings. The molecule has 2 aliphatic heterocycles. The molecule has 2 aromatic heterocycles. The van der Waals surface area contributed by atoms with E-state index < -0.39 is 11.7 Å². The van der Waals surface area contributed by atoms with Gasteiger partial charge in [-0.1, -0.05) is 18.2 Å². The Morgan fingerprint density at radius 3 is 2.80 bits per heavy atom. The van der Waals surface area contributed by atoms with E-state index >= 15 is 4.39 Å². The van der Waals surface area contributed by atoms with Gasteiger partial charge >= 0.3 is 0 Å². The second-order valence-electron chi connectivity index (χ2n) is 10.4. The predicted molar refractivity (Wildman–Crippen MR) is 154 cm³/mol. The lowest BCUT2D eigenvalue weighted by Crippen LogP contribution is -2.49. The van der Waals surface area contributed by atoms with Crippen LogP contribution in [0.5, 0.6) is 0 Å². The van der Waals surface area contributed by atoms with Crippen LogP contribution < -0.4 is 20.4 Å². The number of hydrogen-bond acceptors (Lipinski definition) is 8. The highest BCUT2D eigenvalue weighted by Gasteiger charge is 2.32. The Hall–Kier alpha value is -4.15. The molecule has 2 saturated heterocycles. The standard InChI is InChI=1S/C30H32FN7O2/c1-19-4-2-5-20-9-13-33-28(27(19)20)38(22-6-3-12-32-17-22)29(40)24-8-7-21(16-25(24)31)35-30-34-14-10-26(36-30)37-15-11-23(39)18-37/h2,4-5,7-10,13-14,16,22-23,32,39H,3,6,11-12,15,17-18H2,1H3,(H,34,35,36)/t22-,23+/m1/s1. The normalized spacial score (nSPS) is 19.1. The minimum atomic E-state index is -0.639. The third kappa shape index (κ3) is 5.20. The number of anilines is 4. The lowest BCUT2D eigenvalue weighted by atomic mass is 10.0. The van der Waals surface area contributed by atoms with Crippen LogP contribution in [0.1, 0.15) is 35.2 Å². The number of aryl methyl sites for hydroxylation is 1. The van der Waals surface area contributed by atoms with Crippen LogP contribution in [-0.2, 0) is 0 Å². The van der Waals surface area contributed by atoms with E-state index in [9.17, 15) is 9.90 Å². The van der Waals surface area contributed by atoms with Gasteiger partial charge in [0.25, 0.3) is 5.91 Å². The van der Waals surface area contributed by atoms with Crippen molar-refractivity contribution in [3.63, 3.8) is 0 Å². The summed E-state index contributed by atoms with van der Waals surface area (Å²) in [6.45, 7) is 4.72. The largest absolute Gasteiger partial charge is 0.391 e. The van der Waals surface area contributed by atoms with Crippen LogP contribution in [0.15, 0.2) is 60.9 Å². The number of carbonyl (C=O) groups excluding carboxylic acids is 1. The van der Waals surface area contributed by atoms with E-state index in [-0.39, 0.29) is 17.7 Å². The fourth-order valence-electron chi connectivity index (χ4n) is 5.62. The molecule has 206 valence electrons. The molecule has 1 amide bonds. The minimum Gasteiger partial charge on any atom is -0.391 e. The van der Waals surface area contributed by atoms with Gasteiger partial charge in [0.2, 0.25) is 5.95 Å². The van der Waals surface area contributed by atoms with Gasteiger partial charge in [-0.05, 0) is 74.0 Å². The summed E-state index contributed by atoms with van der Waals surface area (Å²) in [5, 5.41) is 18.1. The van der Waals surface area contributed by atoms with Crippen molar-refractivity contribution >= 4 is 40.0 Å². The fourth-order valence-corrected chi connectivity index (χ4v) is 5.62. The minimum absolute atomic E-state index is 0.0239. The lowest BCUT2D eigenvalue weighted by molar-refractivity contribution is 0.0968. The van der Waals surface area contributed by atoms with Gasteiger partial charge in [0, 0.05) is 43.1 Å². The van der Waals surface area contributed by atoms with Gasteiger partial charge in [-0.15, -0.1) is 0 Å². The molecule has 6 rings (SSSR count). The van der Waals surface area contributed by atoms with Crippen molar-refractivity contribution < 1.29 is 14.3 Å². The summed E-state index contributed by atoms with van der Waals surface area (Å²) in [7, 11) is 0. The van der Waals surface area contributed by atoms with E-state index in [4.69, 9.17) is 0 Å². The highest BCUT2D eigenvalue weighted by atomic mass is 19.1. The van der Waals surface area contributed by atoms with Gasteiger partial charge in [-0.25, -0.2) is 14.4 Å². The molecule has 0 saturated carbocycles. The zero-order valence-electron chi connectivity index (χ0n) is 22.3. The molecule has 40 heavy (non-hydrogen) atoms. The van der Waals surface area contributed by atoms with E-state index in [1.807, 2.05) is 36.1 Å². The quantitative estimate of drug-likeness (QED) is 0.334. The van der Waals surface area contributed by atoms with E-state index in [0.717, 1.165) is 35.7 Å². The molecule has 2 aromatic carbocycles. The molecule has 3 N–H and O–H groups in total. The number of aliphatic hydroxyl groups excluding tert-OH is 1. The third-order valence-electron chi connectivity index (χ3n) is 7.65. The Labute approximate surface area is 232 Å². The molecule has 0 unspecified atom stereocenters. The second kappa shape index (κ2) is 11.1. The van der Waals surface area contributed by atoms with E-state index in [1.165, 1.54) is 12.1 Å². The number of aromatic nitrogens is 3. The Morgan fingerprint density at radius 1 is 1.15 bits per heavy atom. The molecule has 0 aliphatic carbocycles. The summed E-state index contributed by atoms with van der Waals surface area (Å²) in [6.07, 6.45) is 5.36. The molecule has 0 spiro atoms. The Bertz CT molecular complexity index is 1540. The lowest BCUT2D eigenvalue weighted by Gasteiger charge is -2.35. The van der Waals surface area contributed by atoms with Crippen molar-refractivity contribution in [2.45, 2.75) is 38.3 Å². The zero-order valence-corrected chi connectivity index (χ0v) is 22.3. The number of fused-ring (bicyclic) bond motifs is 1. The van der Waals surface area contributed by atoms with Crippen LogP contribution in [0.4, 0.5) is 27.7 Å². The van der Waals surface area contributed by atoms with Gasteiger partial charge in [-0.3, -0.25) is 9.69 Å². The maximum atomic E-state index is 15.6. The van der Waals surface area contributed by atoms with Crippen LogP contribution in [0.25, 0.3) is 10.8 Å². The number of pyridine rings is 1. The first-order valence-corrected chi connectivity index (χ1v) is 13.7. The van der Waals surface area contributed by atoms with Crippen molar-refractivity contribution in [1.29, 1.82) is 0 Å². The molecule has 0 radical (unpaired) electrons. The van der Waals surface area contributed by atoms with Crippen LogP contribution in [-0.4, -0.2) is 64.3 Å². The average molecular weight is 542 g/mol. The monoisotopic (exact) mass is 541 g/mol. The van der Waals surface area contributed by atoms with E-state index in [0.29, 0.717) is 49.3 Å². The van der Waals surface area contributed by atoms with Gasteiger partial charge in [0.05, 0.1) is 17.7 Å². The first kappa shape index (κ1) is 26.1. The molecular weight excluding hydrogens is 509 g/mol. The SMILES string of the molecule is Cc1cccc2ccnc(N(C(=O)c3ccc(Nc4nccc(N5CC[C@H](O)C5)n4)cc3F)[C@@H]3CCCNC3)c12. The number of β-amino-alcohol motifs (C(OH)–C–C–N with tert-alkyl or cyclic N) is 1. The third-order valence-corrected chi connectivity index (χ3v) is 7.65. The molecule has 0 bridgehead atoms. The number of rotatable bonds is 6. The molecule has 4 aromatic rings. The number of amides is 1. The number of hydrogen-bond donors (Lipinski definition) is 3. The topological polar surface area (TPSA) is 107 Å². The smallest absolute Gasteiger partial charge is 0.262 e. The number of carbonyl (C=O) groups is 1. The summed E-state index contributed by atoms with van der Waals surface area (Å²) in [6, 6.07) is 14.0. The number of nitrogens with zero attached hydrogens (tertiary/aromatic N) is 5. The Balaban J connectivity index is 1.30. The van der Waals surface area contributed by atoms with Crippen LogP contribution in [0.3, 0.4) is 0 Å². The van der Waals surface area contributed by atoms with Crippen LogP contribution >= 0.6 is 0 Å². The van der Waals surface area contributed by atoms with Gasteiger partial charge in [0.15, 0.2) is 0 Å². The molecule has 2 atom stereocenters. The number of piperidine rings is 1. The summed E-state index contributed by atoms with van der Waals surface area (Å²) in [5.74, 6) is 0.484. The first-order valence-electron chi connectivity index (χ1n) is 13.7. The van der Waals surface area contributed by atoms with Crippen molar-refractivity contribution in [2.24, 2.45) is 0 Å². The van der Waals surface area contributed by atoms with Crippen molar-refractivity contribution in [3.05, 3.63) is 77.9 Å². The number of halogens is 1. The van der Waals surface area contributed by atoms with Gasteiger partial charge < -0.3 is 20.6 Å². The average Bonchev–Trinajstić information content (AvgIpc) is 3.40. The Morgan fingerprint density at radius 2 is 2.02 bits per heavy atom. The van der Waals surface area contributed by atoms with Crippen molar-refractivity contribution in [2.75, 3.05) is 41.3 Å². The second-order valence-corrected chi connectivity index (χ2v) is 10.4.